The average molecular weight is 426 g/mol. The molecule has 0 bridgehead atoms. The third-order valence-corrected chi connectivity index (χ3v) is 8.69. The van der Waals surface area contributed by atoms with Crippen molar-refractivity contribution in [1.29, 1.82) is 0 Å². The summed E-state index contributed by atoms with van der Waals surface area (Å²) in [7, 11) is 4.29. The highest BCUT2D eigenvalue weighted by molar-refractivity contribution is 5.85. The maximum absolute atomic E-state index is 13.5. The van der Waals surface area contributed by atoms with Crippen molar-refractivity contribution >= 4 is 5.78 Å². The molecule has 3 atom stereocenters. The standard InChI is InChI=1S/C29H47NO/c1-22(2)23-14-16-25-24(21-23)15-17-26-28(25,3)18-12-19-29(26,4)27(31)13-10-8-7-9-11-20-30(5)6/h14,16,21-22,26H,7-13,15,17-20H2,1-6H3/t26?,28-,29-/m0/s1. The summed E-state index contributed by atoms with van der Waals surface area (Å²) in [5.74, 6) is 1.63. The number of hydrogen-bond acceptors (Lipinski definition) is 2. The molecule has 3 rings (SSSR count). The second-order valence-electron chi connectivity index (χ2n) is 11.6. The molecule has 2 nitrogen and oxygen atoms in total. The van der Waals surface area contributed by atoms with Crippen LogP contribution in [0, 0.1) is 11.3 Å². The summed E-state index contributed by atoms with van der Waals surface area (Å²) in [6.07, 6.45) is 12.7. The monoisotopic (exact) mass is 425 g/mol. The molecule has 31 heavy (non-hydrogen) atoms. The first-order chi connectivity index (χ1) is 14.7. The SMILES string of the molecule is CC(C)c1ccc2c(c1)CCC1[C@@]2(C)CCC[C@]1(C)C(=O)CCCCCCCN(C)C. The van der Waals surface area contributed by atoms with E-state index in [2.05, 4.69) is 64.9 Å². The van der Waals surface area contributed by atoms with E-state index in [1.165, 1.54) is 57.1 Å². The first-order valence-corrected chi connectivity index (χ1v) is 13.0. The number of rotatable bonds is 10. The Balaban J connectivity index is 1.64. The fraction of sp³-hybridized carbons (Fsp3) is 0.759. The number of carbonyl (C=O) groups excluding carboxylic acids is 1. The van der Waals surface area contributed by atoms with Gasteiger partial charge in [0.1, 0.15) is 5.78 Å². The van der Waals surface area contributed by atoms with E-state index in [1.807, 2.05) is 0 Å². The van der Waals surface area contributed by atoms with Crippen LogP contribution in [0.2, 0.25) is 0 Å². The van der Waals surface area contributed by atoms with Gasteiger partial charge in [0, 0.05) is 11.8 Å². The van der Waals surface area contributed by atoms with Crippen LogP contribution in [0.4, 0.5) is 0 Å². The Hall–Kier alpha value is -1.15. The van der Waals surface area contributed by atoms with Crippen LogP contribution in [0.5, 0.6) is 0 Å². The normalized spacial score (nSPS) is 27.9. The van der Waals surface area contributed by atoms with E-state index in [0.29, 0.717) is 17.6 Å². The number of hydrogen-bond donors (Lipinski definition) is 0. The van der Waals surface area contributed by atoms with Crippen molar-refractivity contribution in [2.75, 3.05) is 20.6 Å². The molecule has 0 saturated heterocycles. The molecule has 0 N–H and O–H groups in total. The minimum Gasteiger partial charge on any atom is -0.309 e. The fourth-order valence-corrected chi connectivity index (χ4v) is 6.73. The van der Waals surface area contributed by atoms with Crippen LogP contribution in [0.3, 0.4) is 0 Å². The quantitative estimate of drug-likeness (QED) is 0.367. The molecule has 0 heterocycles. The molecule has 1 aromatic rings. The van der Waals surface area contributed by atoms with Crippen LogP contribution in [-0.4, -0.2) is 31.3 Å². The van der Waals surface area contributed by atoms with Crippen molar-refractivity contribution in [3.05, 3.63) is 34.9 Å². The predicted molar refractivity (Wildman–Crippen MR) is 133 cm³/mol. The number of Topliss-reactive ketones (excluding diaryl/α,β-unsaturated/α-hetero) is 1. The summed E-state index contributed by atoms with van der Waals surface area (Å²) in [4.78, 5) is 15.8. The van der Waals surface area contributed by atoms with Gasteiger partial charge in [0.15, 0.2) is 0 Å². The molecule has 0 spiro atoms. The number of ketones is 1. The van der Waals surface area contributed by atoms with Crippen LogP contribution < -0.4 is 0 Å². The van der Waals surface area contributed by atoms with Gasteiger partial charge in [0.05, 0.1) is 0 Å². The van der Waals surface area contributed by atoms with Crippen molar-refractivity contribution in [1.82, 2.24) is 4.90 Å². The van der Waals surface area contributed by atoms with Gasteiger partial charge in [-0.15, -0.1) is 0 Å². The van der Waals surface area contributed by atoms with E-state index in [0.717, 1.165) is 25.7 Å². The Morgan fingerprint density at radius 2 is 1.77 bits per heavy atom. The average Bonchev–Trinajstić information content (AvgIpc) is 2.72. The van der Waals surface area contributed by atoms with E-state index in [4.69, 9.17) is 0 Å². The second-order valence-corrected chi connectivity index (χ2v) is 11.6. The molecule has 1 unspecified atom stereocenters. The molecule has 0 aromatic heterocycles. The lowest BCUT2D eigenvalue weighted by atomic mass is 9.48. The number of benzene rings is 1. The summed E-state index contributed by atoms with van der Waals surface area (Å²) < 4.78 is 0. The summed E-state index contributed by atoms with van der Waals surface area (Å²) in [6, 6.07) is 7.23. The van der Waals surface area contributed by atoms with Gasteiger partial charge in [-0.05, 0) is 93.1 Å². The molecule has 1 aromatic carbocycles. The maximum atomic E-state index is 13.5. The Bertz CT molecular complexity index is 751. The van der Waals surface area contributed by atoms with Crippen LogP contribution in [0.1, 0.15) is 115 Å². The molecule has 0 aliphatic heterocycles. The van der Waals surface area contributed by atoms with Gasteiger partial charge in [-0.1, -0.05) is 71.6 Å². The van der Waals surface area contributed by atoms with Crippen molar-refractivity contribution in [2.24, 2.45) is 11.3 Å². The summed E-state index contributed by atoms with van der Waals surface area (Å²) in [5, 5.41) is 0. The van der Waals surface area contributed by atoms with Gasteiger partial charge >= 0.3 is 0 Å². The van der Waals surface area contributed by atoms with Gasteiger partial charge in [-0.3, -0.25) is 4.79 Å². The van der Waals surface area contributed by atoms with Gasteiger partial charge in [-0.25, -0.2) is 0 Å². The molecule has 0 amide bonds. The van der Waals surface area contributed by atoms with Crippen LogP contribution >= 0.6 is 0 Å². The summed E-state index contributed by atoms with van der Waals surface area (Å²) in [5.41, 5.74) is 4.60. The molecule has 0 radical (unpaired) electrons. The van der Waals surface area contributed by atoms with Gasteiger partial charge in [-0.2, -0.15) is 0 Å². The minimum absolute atomic E-state index is 0.133. The van der Waals surface area contributed by atoms with Gasteiger partial charge < -0.3 is 4.90 Å². The smallest absolute Gasteiger partial charge is 0.139 e. The third-order valence-electron chi connectivity index (χ3n) is 8.69. The van der Waals surface area contributed by atoms with Crippen molar-refractivity contribution in [3.8, 4) is 0 Å². The third kappa shape index (κ3) is 5.27. The largest absolute Gasteiger partial charge is 0.309 e. The predicted octanol–water partition coefficient (Wildman–Crippen LogP) is 7.29. The molecular weight excluding hydrogens is 378 g/mol. The van der Waals surface area contributed by atoms with Crippen LogP contribution in [0.25, 0.3) is 0 Å². The Kier molecular flexibility index (Phi) is 8.05. The molecule has 2 aliphatic carbocycles. The molecule has 174 valence electrons. The van der Waals surface area contributed by atoms with E-state index in [-0.39, 0.29) is 10.8 Å². The van der Waals surface area contributed by atoms with E-state index in [1.54, 1.807) is 11.1 Å². The van der Waals surface area contributed by atoms with Crippen molar-refractivity contribution in [3.63, 3.8) is 0 Å². The molecule has 2 heteroatoms. The lowest BCUT2D eigenvalue weighted by molar-refractivity contribution is -0.136. The Morgan fingerprint density at radius 3 is 2.48 bits per heavy atom. The first kappa shape index (κ1) is 24.5. The number of aryl methyl sites for hydroxylation is 1. The second kappa shape index (κ2) is 10.2. The van der Waals surface area contributed by atoms with Crippen molar-refractivity contribution in [2.45, 2.75) is 110 Å². The lowest BCUT2D eigenvalue weighted by Gasteiger charge is -2.55. The van der Waals surface area contributed by atoms with Crippen LogP contribution in [0.15, 0.2) is 18.2 Å². The highest BCUT2D eigenvalue weighted by Crippen LogP contribution is 2.58. The van der Waals surface area contributed by atoms with Gasteiger partial charge in [0.2, 0.25) is 0 Å². The van der Waals surface area contributed by atoms with E-state index in [9.17, 15) is 4.79 Å². The summed E-state index contributed by atoms with van der Waals surface area (Å²) in [6.45, 7) is 10.5. The molecular formula is C29H47NO. The van der Waals surface area contributed by atoms with Gasteiger partial charge in [0.25, 0.3) is 0 Å². The number of nitrogens with zero attached hydrogens (tertiary/aromatic N) is 1. The van der Waals surface area contributed by atoms with E-state index < -0.39 is 0 Å². The summed E-state index contributed by atoms with van der Waals surface area (Å²) >= 11 is 0. The maximum Gasteiger partial charge on any atom is 0.139 e. The number of unbranched alkanes of at least 4 members (excludes halogenated alkanes) is 4. The lowest BCUT2D eigenvalue weighted by Crippen LogP contribution is -2.52. The fourth-order valence-electron chi connectivity index (χ4n) is 6.73. The zero-order valence-corrected chi connectivity index (χ0v) is 21.2. The molecule has 1 fully saturated rings. The molecule has 2 aliphatic rings. The van der Waals surface area contributed by atoms with Crippen molar-refractivity contribution < 1.29 is 4.79 Å². The zero-order chi connectivity index (χ0) is 22.6. The molecule has 1 saturated carbocycles. The Labute approximate surface area is 192 Å². The number of carbonyl (C=O) groups is 1. The highest BCUT2D eigenvalue weighted by atomic mass is 16.1. The first-order valence-electron chi connectivity index (χ1n) is 13.0. The topological polar surface area (TPSA) is 20.3 Å². The minimum atomic E-state index is -0.133. The zero-order valence-electron chi connectivity index (χ0n) is 21.2. The van der Waals surface area contributed by atoms with Crippen LogP contribution in [-0.2, 0) is 16.6 Å². The van der Waals surface area contributed by atoms with E-state index >= 15 is 0 Å². The highest BCUT2D eigenvalue weighted by Gasteiger charge is 2.54. The number of fused-ring (bicyclic) bond motifs is 3. The Morgan fingerprint density at radius 1 is 1.06 bits per heavy atom.